The van der Waals surface area contributed by atoms with E-state index >= 15 is 0 Å². The van der Waals surface area contributed by atoms with Gasteiger partial charge in [-0.05, 0) is 24.2 Å². The van der Waals surface area contributed by atoms with E-state index in [0.717, 1.165) is 6.07 Å². The van der Waals surface area contributed by atoms with Crippen LogP contribution in [0, 0.1) is 20.2 Å². The van der Waals surface area contributed by atoms with Crippen LogP contribution in [0.4, 0.5) is 11.4 Å². The van der Waals surface area contributed by atoms with Gasteiger partial charge in [-0.25, -0.2) is 4.99 Å². The Bertz CT molecular complexity index is 511. The Morgan fingerprint density at radius 3 is 2.41 bits per heavy atom. The Morgan fingerprint density at radius 1 is 1.24 bits per heavy atom. The molecule has 0 fully saturated rings. The minimum Gasteiger partial charge on any atom is -0.258 e. The fourth-order valence-electron chi connectivity index (χ4n) is 1.26. The predicted molar refractivity (Wildman–Crippen MR) is 63.3 cm³/mol. The van der Waals surface area contributed by atoms with Crippen molar-refractivity contribution in [2.24, 2.45) is 4.99 Å². The lowest BCUT2D eigenvalue weighted by molar-refractivity contribution is -0.422. The predicted octanol–water partition coefficient (Wildman–Crippen LogP) is 2.15. The van der Waals surface area contributed by atoms with E-state index in [4.69, 9.17) is 0 Å². The highest BCUT2D eigenvalue weighted by Crippen LogP contribution is 2.27. The second kappa shape index (κ2) is 5.78. The first-order valence-corrected chi connectivity index (χ1v) is 4.92. The molecule has 88 valence electrons. The Labute approximate surface area is 101 Å². The number of nitro benzene ring substituents is 2. The highest BCUT2D eigenvalue weighted by Gasteiger charge is 2.23. The van der Waals surface area contributed by atoms with Gasteiger partial charge in [0.05, 0.1) is 21.6 Å². The maximum absolute atomic E-state index is 10.7. The molecule has 1 aromatic rings. The summed E-state index contributed by atoms with van der Waals surface area (Å²) < 4.78 is 0. The summed E-state index contributed by atoms with van der Waals surface area (Å²) in [4.78, 5) is 23.3. The third-order valence-electron chi connectivity index (χ3n) is 2.01. The monoisotopic (exact) mass is 253 g/mol. The van der Waals surface area contributed by atoms with E-state index < -0.39 is 21.2 Å². The molecule has 0 aliphatic rings. The first-order chi connectivity index (χ1) is 8.06. The normalized spacial score (nSPS) is 9.41. The van der Waals surface area contributed by atoms with E-state index in [2.05, 4.69) is 22.4 Å². The Morgan fingerprint density at radius 2 is 1.88 bits per heavy atom. The lowest BCUT2D eigenvalue weighted by atomic mass is 10.1. The number of nitrogens with zero attached hydrogens (tertiary/aromatic N) is 3. The number of isothiocyanates is 1. The zero-order chi connectivity index (χ0) is 12.8. The van der Waals surface area contributed by atoms with E-state index in [9.17, 15) is 20.2 Å². The van der Waals surface area contributed by atoms with Gasteiger partial charge in [-0.1, -0.05) is 6.07 Å². The highest BCUT2D eigenvalue weighted by atomic mass is 32.1. The largest absolute Gasteiger partial charge is 0.346 e. The number of nitro groups is 2. The van der Waals surface area contributed by atoms with Gasteiger partial charge in [0.15, 0.2) is 0 Å². The molecule has 0 unspecified atom stereocenters. The van der Waals surface area contributed by atoms with Crippen molar-refractivity contribution in [1.29, 1.82) is 0 Å². The number of aliphatic imine (C=N–C) groups is 1. The van der Waals surface area contributed by atoms with Crippen LogP contribution in [0.5, 0.6) is 0 Å². The fourth-order valence-corrected chi connectivity index (χ4v) is 1.35. The summed E-state index contributed by atoms with van der Waals surface area (Å²) in [6, 6.07) is 3.76. The van der Waals surface area contributed by atoms with Gasteiger partial charge in [0.1, 0.15) is 0 Å². The standard InChI is InChI=1S/C9H7N3O4S/c13-11(14)8-2-1-7(3-4-10-6-17)5-9(8)12(15)16/h1-2,5H,3-4H2. The molecule has 0 saturated heterocycles. The zero-order valence-electron chi connectivity index (χ0n) is 8.53. The Balaban J connectivity index is 3.05. The van der Waals surface area contributed by atoms with Gasteiger partial charge >= 0.3 is 11.4 Å². The van der Waals surface area contributed by atoms with E-state index in [1.807, 2.05) is 0 Å². The Hall–Kier alpha value is -2.18. The van der Waals surface area contributed by atoms with Crippen molar-refractivity contribution in [1.82, 2.24) is 0 Å². The smallest absolute Gasteiger partial charge is 0.258 e. The summed E-state index contributed by atoms with van der Waals surface area (Å²) in [6.07, 6.45) is 0.419. The summed E-state index contributed by atoms with van der Waals surface area (Å²) in [5.41, 5.74) is -0.438. The molecular weight excluding hydrogens is 246 g/mol. The molecule has 0 amide bonds. The van der Waals surface area contributed by atoms with Crippen molar-refractivity contribution in [3.63, 3.8) is 0 Å². The first-order valence-electron chi connectivity index (χ1n) is 4.51. The van der Waals surface area contributed by atoms with Crippen LogP contribution in [0.2, 0.25) is 0 Å². The molecule has 0 radical (unpaired) electrons. The van der Waals surface area contributed by atoms with E-state index in [0.29, 0.717) is 18.5 Å². The average Bonchev–Trinajstić information content (AvgIpc) is 2.29. The third kappa shape index (κ3) is 3.40. The Kier molecular flexibility index (Phi) is 4.38. The number of rotatable bonds is 5. The molecule has 7 nitrogen and oxygen atoms in total. The van der Waals surface area contributed by atoms with Gasteiger partial charge in [-0.15, -0.1) is 0 Å². The van der Waals surface area contributed by atoms with Crippen LogP contribution in [0.1, 0.15) is 5.56 Å². The minimum atomic E-state index is -0.781. The van der Waals surface area contributed by atoms with Gasteiger partial charge in [0, 0.05) is 12.1 Å². The fraction of sp³-hybridized carbons (Fsp3) is 0.222. The first kappa shape index (κ1) is 12.9. The van der Waals surface area contributed by atoms with Crippen LogP contribution in [0.25, 0.3) is 0 Å². The van der Waals surface area contributed by atoms with Gasteiger partial charge in [-0.2, -0.15) is 0 Å². The quantitative estimate of drug-likeness (QED) is 0.346. The molecule has 0 aliphatic heterocycles. The average molecular weight is 253 g/mol. The molecule has 0 bridgehead atoms. The maximum atomic E-state index is 10.7. The van der Waals surface area contributed by atoms with Crippen LogP contribution >= 0.6 is 12.2 Å². The molecule has 1 rings (SSSR count). The molecule has 0 spiro atoms. The lowest BCUT2D eigenvalue weighted by Gasteiger charge is -1.99. The molecule has 8 heteroatoms. The van der Waals surface area contributed by atoms with Crippen molar-refractivity contribution in [2.45, 2.75) is 6.42 Å². The summed E-state index contributed by atoms with van der Waals surface area (Å²) in [5.74, 6) is 0. The number of hydrogen-bond donors (Lipinski definition) is 0. The molecule has 0 heterocycles. The molecule has 1 aromatic carbocycles. The van der Waals surface area contributed by atoms with Gasteiger partial charge in [-0.3, -0.25) is 20.2 Å². The highest BCUT2D eigenvalue weighted by molar-refractivity contribution is 7.78. The molecule has 0 aliphatic carbocycles. The second-order valence-corrected chi connectivity index (χ2v) is 3.24. The molecule has 0 N–H and O–H groups in total. The van der Waals surface area contributed by atoms with E-state index in [1.165, 1.54) is 12.1 Å². The van der Waals surface area contributed by atoms with Crippen LogP contribution < -0.4 is 0 Å². The molecule has 17 heavy (non-hydrogen) atoms. The number of hydrogen-bond acceptors (Lipinski definition) is 6. The number of benzene rings is 1. The number of thiocarbonyl (C=S) groups is 1. The van der Waals surface area contributed by atoms with Crippen molar-refractivity contribution in [2.75, 3.05) is 6.54 Å². The molecule has 0 saturated carbocycles. The van der Waals surface area contributed by atoms with Crippen molar-refractivity contribution in [3.8, 4) is 0 Å². The zero-order valence-corrected chi connectivity index (χ0v) is 9.35. The van der Waals surface area contributed by atoms with Crippen molar-refractivity contribution >= 4 is 28.8 Å². The van der Waals surface area contributed by atoms with Crippen molar-refractivity contribution in [3.05, 3.63) is 44.0 Å². The SMILES string of the molecule is O=[N+]([O-])c1ccc(CCN=C=S)cc1[N+](=O)[O-]. The van der Waals surface area contributed by atoms with E-state index in [1.54, 1.807) is 0 Å². The molecular formula is C9H7N3O4S. The summed E-state index contributed by atoms with van der Waals surface area (Å²) >= 11 is 4.38. The summed E-state index contributed by atoms with van der Waals surface area (Å²) in [7, 11) is 0. The summed E-state index contributed by atoms with van der Waals surface area (Å²) in [6.45, 7) is 0.346. The third-order valence-corrected chi connectivity index (χ3v) is 2.14. The topological polar surface area (TPSA) is 98.6 Å². The minimum absolute atomic E-state index is 0.346. The van der Waals surface area contributed by atoms with Crippen LogP contribution in [-0.2, 0) is 6.42 Å². The van der Waals surface area contributed by atoms with E-state index in [-0.39, 0.29) is 0 Å². The van der Waals surface area contributed by atoms with Crippen LogP contribution in [-0.4, -0.2) is 21.6 Å². The van der Waals surface area contributed by atoms with Crippen molar-refractivity contribution < 1.29 is 9.85 Å². The summed E-state index contributed by atoms with van der Waals surface area (Å²) in [5, 5.41) is 23.4. The molecule has 0 atom stereocenters. The lowest BCUT2D eigenvalue weighted by Crippen LogP contribution is -1.98. The van der Waals surface area contributed by atoms with Gasteiger partial charge < -0.3 is 0 Å². The van der Waals surface area contributed by atoms with Crippen LogP contribution in [0.15, 0.2) is 23.2 Å². The molecule has 0 aromatic heterocycles. The van der Waals surface area contributed by atoms with Gasteiger partial charge in [0.2, 0.25) is 0 Å². The second-order valence-electron chi connectivity index (χ2n) is 3.06. The maximum Gasteiger partial charge on any atom is 0.346 e. The van der Waals surface area contributed by atoms with Crippen LogP contribution in [0.3, 0.4) is 0 Å². The van der Waals surface area contributed by atoms with Gasteiger partial charge in [0.25, 0.3) is 0 Å².